The largest absolute Gasteiger partial charge is 0.416 e. The van der Waals surface area contributed by atoms with Gasteiger partial charge in [-0.3, -0.25) is 4.98 Å². The van der Waals surface area contributed by atoms with Crippen LogP contribution in [0.2, 0.25) is 0 Å². The van der Waals surface area contributed by atoms with Gasteiger partial charge >= 0.3 is 5.76 Å². The van der Waals surface area contributed by atoms with E-state index < -0.39 is 11.9 Å². The van der Waals surface area contributed by atoms with Gasteiger partial charge in [0.2, 0.25) is 0 Å². The van der Waals surface area contributed by atoms with Gasteiger partial charge in [0, 0.05) is 24.8 Å². The molecule has 3 N–H and O–H groups in total. The lowest BCUT2D eigenvalue weighted by molar-refractivity contribution is 0.179. The highest BCUT2D eigenvalue weighted by molar-refractivity contribution is 5.46. The van der Waals surface area contributed by atoms with Crippen LogP contribution in [-0.2, 0) is 6.42 Å². The van der Waals surface area contributed by atoms with E-state index in [1.165, 1.54) is 11.8 Å². The Labute approximate surface area is 117 Å². The molecule has 0 amide bonds. The van der Waals surface area contributed by atoms with Crippen LogP contribution < -0.4 is 11.1 Å². The van der Waals surface area contributed by atoms with Crippen molar-refractivity contribution in [3.63, 3.8) is 0 Å². The zero-order valence-electron chi connectivity index (χ0n) is 11.7. The molecule has 1 unspecified atom stereocenters. The van der Waals surface area contributed by atoms with E-state index in [0.717, 1.165) is 5.69 Å². The first-order valence-electron chi connectivity index (χ1n) is 6.74. The molecule has 20 heavy (non-hydrogen) atoms. The molecule has 0 radical (unpaired) electrons. The topological polar surface area (TPSA) is 78.3 Å². The maximum atomic E-state index is 10.8. The molecule has 0 saturated carbocycles. The lowest BCUT2D eigenvalue weighted by Gasteiger charge is -2.13. The molecule has 2 aromatic rings. The Hall–Kier alpha value is -2.01. The zero-order chi connectivity index (χ0) is 14.5. The molecule has 1 atom stereocenters. The number of benzene rings is 1. The van der Waals surface area contributed by atoms with Crippen molar-refractivity contribution in [2.45, 2.75) is 32.3 Å². The van der Waals surface area contributed by atoms with Crippen LogP contribution in [0, 0.1) is 0 Å². The second-order valence-corrected chi connectivity index (χ2v) is 5.16. The molecule has 1 heterocycles. The molecule has 0 aliphatic heterocycles. The van der Waals surface area contributed by atoms with Gasteiger partial charge in [0.05, 0.1) is 6.10 Å². The summed E-state index contributed by atoms with van der Waals surface area (Å²) < 4.78 is 4.86. The van der Waals surface area contributed by atoms with Crippen LogP contribution >= 0.6 is 0 Å². The fourth-order valence-corrected chi connectivity index (χ4v) is 1.97. The Kier molecular flexibility index (Phi) is 4.63. The monoisotopic (exact) mass is 276 g/mol. The predicted octanol–water partition coefficient (Wildman–Crippen LogP) is 2.11. The van der Waals surface area contributed by atoms with E-state index in [4.69, 9.17) is 4.42 Å². The number of nitrogens with one attached hydrogen (secondary N) is 2. The Morgan fingerprint density at radius 1 is 1.40 bits per heavy atom. The maximum Gasteiger partial charge on any atom is 0.416 e. The number of aliphatic hydroxyl groups is 1. The third-order valence-corrected chi connectivity index (χ3v) is 3.11. The molecule has 0 aliphatic carbocycles. The molecule has 0 spiro atoms. The first-order chi connectivity index (χ1) is 9.54. The molecular weight excluding hydrogens is 256 g/mol. The number of hydrogen-bond donors (Lipinski definition) is 3. The van der Waals surface area contributed by atoms with Gasteiger partial charge in [-0.05, 0) is 23.6 Å². The van der Waals surface area contributed by atoms with Crippen LogP contribution in [0.5, 0.6) is 0 Å². The Balaban J connectivity index is 1.88. The number of oxazole rings is 1. The minimum Gasteiger partial charge on any atom is -0.413 e. The zero-order valence-corrected chi connectivity index (χ0v) is 11.7. The summed E-state index contributed by atoms with van der Waals surface area (Å²) in [5.74, 6) is 0.431. The standard InChI is InChI=1S/C15H20N2O3/c1-10(2)11-4-3-5-12(6-11)16-8-13(18)7-14-9-17-15(19)20-14/h3-6,9-10,13,16,18H,7-8H2,1-2H3,(H,17,19). The summed E-state index contributed by atoms with van der Waals surface area (Å²) >= 11 is 0. The minimum absolute atomic E-state index is 0.301. The molecule has 0 bridgehead atoms. The number of aromatic nitrogens is 1. The average molecular weight is 276 g/mol. The van der Waals surface area contributed by atoms with Crippen LogP contribution in [0.1, 0.15) is 31.1 Å². The fraction of sp³-hybridized carbons (Fsp3) is 0.400. The highest BCUT2D eigenvalue weighted by Gasteiger charge is 2.09. The van der Waals surface area contributed by atoms with Crippen LogP contribution in [0.4, 0.5) is 5.69 Å². The Bertz CT molecular complexity index is 601. The van der Waals surface area contributed by atoms with Gasteiger partial charge in [-0.1, -0.05) is 26.0 Å². The molecule has 0 aliphatic rings. The maximum absolute atomic E-state index is 10.8. The fourth-order valence-electron chi connectivity index (χ4n) is 1.97. The number of H-pyrrole nitrogens is 1. The lowest BCUT2D eigenvalue weighted by atomic mass is 10.0. The summed E-state index contributed by atoms with van der Waals surface area (Å²) in [6.45, 7) is 4.68. The van der Waals surface area contributed by atoms with Crippen molar-refractivity contribution in [2.75, 3.05) is 11.9 Å². The number of anilines is 1. The van der Waals surface area contributed by atoms with Gasteiger partial charge in [0.25, 0.3) is 0 Å². The summed E-state index contributed by atoms with van der Waals surface area (Å²) in [7, 11) is 0. The first kappa shape index (κ1) is 14.4. The van der Waals surface area contributed by atoms with Crippen molar-refractivity contribution in [2.24, 2.45) is 0 Å². The highest BCUT2D eigenvalue weighted by Crippen LogP contribution is 2.18. The predicted molar refractivity (Wildman–Crippen MR) is 78.1 cm³/mol. The van der Waals surface area contributed by atoms with E-state index in [0.29, 0.717) is 24.6 Å². The molecule has 108 valence electrons. The summed E-state index contributed by atoms with van der Waals surface area (Å²) in [6.07, 6.45) is 1.16. The normalized spacial score (nSPS) is 12.6. The van der Waals surface area contributed by atoms with Crippen LogP contribution in [0.3, 0.4) is 0 Å². The third kappa shape index (κ3) is 3.99. The summed E-state index contributed by atoms with van der Waals surface area (Å²) in [5, 5.41) is 13.1. The van der Waals surface area contributed by atoms with E-state index in [-0.39, 0.29) is 0 Å². The van der Waals surface area contributed by atoms with Crippen molar-refractivity contribution in [3.8, 4) is 0 Å². The van der Waals surface area contributed by atoms with Crippen molar-refractivity contribution in [1.82, 2.24) is 4.98 Å². The van der Waals surface area contributed by atoms with E-state index >= 15 is 0 Å². The van der Waals surface area contributed by atoms with Crippen molar-refractivity contribution in [3.05, 3.63) is 52.3 Å². The van der Waals surface area contributed by atoms with Gasteiger partial charge in [-0.2, -0.15) is 0 Å². The lowest BCUT2D eigenvalue weighted by Crippen LogP contribution is -2.21. The van der Waals surface area contributed by atoms with Gasteiger partial charge < -0.3 is 14.8 Å². The van der Waals surface area contributed by atoms with E-state index in [1.54, 1.807) is 0 Å². The first-order valence-corrected chi connectivity index (χ1v) is 6.74. The van der Waals surface area contributed by atoms with E-state index in [2.05, 4.69) is 36.3 Å². The molecular formula is C15H20N2O3. The summed E-state index contributed by atoms with van der Waals surface area (Å²) in [6, 6.07) is 8.12. The molecule has 5 nitrogen and oxygen atoms in total. The highest BCUT2D eigenvalue weighted by atomic mass is 16.4. The average Bonchev–Trinajstić information content (AvgIpc) is 2.82. The van der Waals surface area contributed by atoms with Gasteiger partial charge in [0.15, 0.2) is 0 Å². The number of aliphatic hydroxyl groups excluding tert-OH is 1. The number of hydrogen-bond acceptors (Lipinski definition) is 4. The quantitative estimate of drug-likeness (QED) is 0.755. The Morgan fingerprint density at radius 3 is 2.85 bits per heavy atom. The van der Waals surface area contributed by atoms with Crippen LogP contribution in [0.25, 0.3) is 0 Å². The van der Waals surface area contributed by atoms with Crippen molar-refractivity contribution in [1.29, 1.82) is 0 Å². The SMILES string of the molecule is CC(C)c1cccc(NCC(O)Cc2c[nH]c(=O)o2)c1. The van der Waals surface area contributed by atoms with E-state index in [9.17, 15) is 9.90 Å². The molecule has 1 aromatic carbocycles. The molecule has 5 heteroatoms. The third-order valence-electron chi connectivity index (χ3n) is 3.11. The minimum atomic E-state index is -0.614. The van der Waals surface area contributed by atoms with E-state index in [1.807, 2.05) is 12.1 Å². The smallest absolute Gasteiger partial charge is 0.413 e. The molecule has 0 fully saturated rings. The summed E-state index contributed by atoms with van der Waals surface area (Å²) in [5.41, 5.74) is 2.23. The van der Waals surface area contributed by atoms with Crippen LogP contribution in [0.15, 0.2) is 39.7 Å². The van der Waals surface area contributed by atoms with Crippen LogP contribution in [-0.4, -0.2) is 22.7 Å². The number of aromatic amines is 1. The number of rotatable bonds is 6. The van der Waals surface area contributed by atoms with Gasteiger partial charge in [-0.15, -0.1) is 0 Å². The summed E-state index contributed by atoms with van der Waals surface area (Å²) in [4.78, 5) is 13.2. The second-order valence-electron chi connectivity index (χ2n) is 5.16. The van der Waals surface area contributed by atoms with Gasteiger partial charge in [-0.25, -0.2) is 4.79 Å². The molecule has 0 saturated heterocycles. The van der Waals surface area contributed by atoms with Crippen molar-refractivity contribution >= 4 is 5.69 Å². The van der Waals surface area contributed by atoms with Gasteiger partial charge in [0.1, 0.15) is 5.76 Å². The molecule has 2 rings (SSSR count). The second kappa shape index (κ2) is 6.43. The Morgan fingerprint density at radius 2 is 2.20 bits per heavy atom. The molecule has 1 aromatic heterocycles. The van der Waals surface area contributed by atoms with Crippen molar-refractivity contribution < 1.29 is 9.52 Å².